The minimum absolute atomic E-state index is 0.898. The first-order valence-electron chi connectivity index (χ1n) is 12.3. The van der Waals surface area contributed by atoms with Gasteiger partial charge in [0.15, 0.2) is 0 Å². The molecule has 0 aliphatic rings. The van der Waals surface area contributed by atoms with Gasteiger partial charge < -0.3 is 4.42 Å². The predicted octanol–water partition coefficient (Wildman–Crippen LogP) is 9.66. The molecular formula is C33H19BrN2O. The zero-order valence-electron chi connectivity index (χ0n) is 19.7. The van der Waals surface area contributed by atoms with Crippen LogP contribution in [0.25, 0.3) is 71.6 Å². The Morgan fingerprint density at radius 1 is 0.595 bits per heavy atom. The van der Waals surface area contributed by atoms with E-state index < -0.39 is 0 Å². The number of hydrogen-bond acceptors (Lipinski definition) is 2. The average molecular weight is 539 g/mol. The first-order chi connectivity index (χ1) is 18.3. The van der Waals surface area contributed by atoms with E-state index in [9.17, 15) is 0 Å². The van der Waals surface area contributed by atoms with Crippen molar-refractivity contribution >= 4 is 70.6 Å². The maximum Gasteiger partial charge on any atom is 0.138 e. The van der Waals surface area contributed by atoms with E-state index in [4.69, 9.17) is 9.40 Å². The molecule has 3 aromatic heterocycles. The molecule has 0 bridgehead atoms. The lowest BCUT2D eigenvalue weighted by molar-refractivity contribution is 0.669. The molecule has 5 aromatic carbocycles. The van der Waals surface area contributed by atoms with Crippen molar-refractivity contribution in [3.63, 3.8) is 0 Å². The molecule has 3 nitrogen and oxygen atoms in total. The molecule has 0 fully saturated rings. The molecule has 8 rings (SSSR count). The molecule has 0 unspecified atom stereocenters. The van der Waals surface area contributed by atoms with Crippen molar-refractivity contribution in [1.82, 2.24) is 9.55 Å². The van der Waals surface area contributed by atoms with Crippen LogP contribution in [-0.4, -0.2) is 9.55 Å². The van der Waals surface area contributed by atoms with Crippen LogP contribution in [0.5, 0.6) is 0 Å². The van der Waals surface area contributed by atoms with Gasteiger partial charge in [0.2, 0.25) is 0 Å². The Morgan fingerprint density at radius 3 is 2.24 bits per heavy atom. The topological polar surface area (TPSA) is 31.0 Å². The number of fused-ring (bicyclic) bond motifs is 7. The van der Waals surface area contributed by atoms with Crippen molar-refractivity contribution in [2.24, 2.45) is 0 Å². The van der Waals surface area contributed by atoms with Gasteiger partial charge in [-0.05, 0) is 59.7 Å². The molecule has 0 saturated carbocycles. The number of aromatic nitrogens is 2. The molecule has 0 amide bonds. The van der Waals surface area contributed by atoms with Crippen LogP contribution in [0.2, 0.25) is 0 Å². The Hall–Kier alpha value is -4.41. The van der Waals surface area contributed by atoms with E-state index >= 15 is 0 Å². The van der Waals surface area contributed by atoms with E-state index in [0.29, 0.717) is 0 Å². The predicted molar refractivity (Wildman–Crippen MR) is 156 cm³/mol. The van der Waals surface area contributed by atoms with Crippen molar-refractivity contribution in [3.8, 4) is 16.9 Å². The fraction of sp³-hybridized carbons (Fsp3) is 0. The van der Waals surface area contributed by atoms with E-state index in [2.05, 4.69) is 124 Å². The minimum Gasteiger partial charge on any atom is -0.456 e. The van der Waals surface area contributed by atoms with E-state index in [-0.39, 0.29) is 0 Å². The van der Waals surface area contributed by atoms with Gasteiger partial charge >= 0.3 is 0 Å². The Bertz CT molecular complexity index is 2170. The molecule has 0 radical (unpaired) electrons. The second-order valence-corrected chi connectivity index (χ2v) is 10.2. The standard InChI is InChI=1S/C33H19BrN2O/c34-26-11-7-14-29-33(26)23-10-2-5-13-28(23)36(29)32-19-24(21-8-1-4-12-27(21)35-32)20-16-17-31-25(18-20)22-9-3-6-15-30(22)37-31/h1-19H. The highest BCUT2D eigenvalue weighted by atomic mass is 79.9. The molecule has 3 heterocycles. The van der Waals surface area contributed by atoms with Crippen LogP contribution < -0.4 is 0 Å². The van der Waals surface area contributed by atoms with E-state index in [1.165, 1.54) is 10.8 Å². The number of benzene rings is 5. The first kappa shape index (κ1) is 20.7. The van der Waals surface area contributed by atoms with E-state index in [1.54, 1.807) is 0 Å². The highest BCUT2D eigenvalue weighted by Crippen LogP contribution is 2.39. The van der Waals surface area contributed by atoms with Gasteiger partial charge in [-0.2, -0.15) is 0 Å². The number of rotatable bonds is 2. The van der Waals surface area contributed by atoms with Crippen molar-refractivity contribution in [2.75, 3.05) is 0 Å². The fourth-order valence-corrected chi connectivity index (χ4v) is 6.20. The molecule has 0 saturated heterocycles. The van der Waals surface area contributed by atoms with Crippen LogP contribution in [0, 0.1) is 0 Å². The summed E-state index contributed by atoms with van der Waals surface area (Å²) in [5, 5.41) is 5.77. The van der Waals surface area contributed by atoms with Gasteiger partial charge in [-0.15, -0.1) is 0 Å². The molecule has 8 aromatic rings. The molecule has 0 spiro atoms. The Kier molecular flexibility index (Phi) is 4.37. The molecular weight excluding hydrogens is 520 g/mol. The van der Waals surface area contributed by atoms with Crippen LogP contribution in [0.15, 0.2) is 124 Å². The number of furan rings is 1. The quantitative estimate of drug-likeness (QED) is 0.219. The van der Waals surface area contributed by atoms with Gasteiger partial charge in [-0.1, -0.05) is 82.7 Å². The molecule has 174 valence electrons. The third-order valence-electron chi connectivity index (χ3n) is 7.27. The summed E-state index contributed by atoms with van der Waals surface area (Å²) < 4.78 is 9.46. The molecule has 0 aliphatic carbocycles. The van der Waals surface area contributed by atoms with Gasteiger partial charge in [0.1, 0.15) is 17.0 Å². The normalized spacial score (nSPS) is 11.9. The van der Waals surface area contributed by atoms with E-state index in [0.717, 1.165) is 65.3 Å². The summed E-state index contributed by atoms with van der Waals surface area (Å²) in [6, 6.07) is 40.2. The number of para-hydroxylation sites is 3. The summed E-state index contributed by atoms with van der Waals surface area (Å²) in [7, 11) is 0. The second kappa shape index (κ2) is 7.79. The summed E-state index contributed by atoms with van der Waals surface area (Å²) in [4.78, 5) is 5.17. The van der Waals surface area contributed by atoms with Crippen LogP contribution in [0.3, 0.4) is 0 Å². The maximum absolute atomic E-state index is 6.10. The van der Waals surface area contributed by atoms with Gasteiger partial charge in [0.05, 0.1) is 16.6 Å². The summed E-state index contributed by atoms with van der Waals surface area (Å²) in [6.07, 6.45) is 0. The molecule has 0 N–H and O–H groups in total. The van der Waals surface area contributed by atoms with Crippen LogP contribution >= 0.6 is 15.9 Å². The third kappa shape index (κ3) is 3.03. The average Bonchev–Trinajstić information content (AvgIpc) is 3.48. The van der Waals surface area contributed by atoms with Crippen molar-refractivity contribution < 1.29 is 4.42 Å². The second-order valence-electron chi connectivity index (χ2n) is 9.34. The largest absolute Gasteiger partial charge is 0.456 e. The highest BCUT2D eigenvalue weighted by Gasteiger charge is 2.17. The first-order valence-corrected chi connectivity index (χ1v) is 13.0. The molecule has 37 heavy (non-hydrogen) atoms. The van der Waals surface area contributed by atoms with Crippen LogP contribution in [0.1, 0.15) is 0 Å². The van der Waals surface area contributed by atoms with Gasteiger partial charge in [0, 0.05) is 31.4 Å². The number of pyridine rings is 1. The van der Waals surface area contributed by atoms with Crippen molar-refractivity contribution in [1.29, 1.82) is 0 Å². The zero-order valence-corrected chi connectivity index (χ0v) is 21.2. The van der Waals surface area contributed by atoms with Gasteiger partial charge in [-0.3, -0.25) is 4.57 Å². The van der Waals surface area contributed by atoms with Crippen molar-refractivity contribution in [3.05, 3.63) is 120 Å². The summed E-state index contributed by atoms with van der Waals surface area (Å²) in [5.41, 5.74) is 7.32. The Morgan fingerprint density at radius 2 is 1.32 bits per heavy atom. The molecule has 0 atom stereocenters. The number of nitrogens with zero attached hydrogens (tertiary/aromatic N) is 2. The van der Waals surface area contributed by atoms with Crippen LogP contribution in [-0.2, 0) is 0 Å². The third-order valence-corrected chi connectivity index (χ3v) is 7.93. The lowest BCUT2D eigenvalue weighted by atomic mass is 9.99. The maximum atomic E-state index is 6.10. The van der Waals surface area contributed by atoms with Crippen LogP contribution in [0.4, 0.5) is 0 Å². The van der Waals surface area contributed by atoms with Gasteiger partial charge in [-0.25, -0.2) is 4.98 Å². The van der Waals surface area contributed by atoms with Gasteiger partial charge in [0.25, 0.3) is 0 Å². The lowest BCUT2D eigenvalue weighted by Crippen LogP contribution is -1.99. The smallest absolute Gasteiger partial charge is 0.138 e. The minimum atomic E-state index is 0.898. The SMILES string of the molecule is Brc1cccc2c1c1ccccc1n2-c1cc(-c2ccc3oc4ccccc4c3c2)c2ccccc2n1. The Labute approximate surface area is 220 Å². The lowest BCUT2D eigenvalue weighted by Gasteiger charge is -2.13. The monoisotopic (exact) mass is 538 g/mol. The number of halogens is 1. The summed E-state index contributed by atoms with van der Waals surface area (Å²) in [5.74, 6) is 0.898. The summed E-state index contributed by atoms with van der Waals surface area (Å²) in [6.45, 7) is 0. The Balaban J connectivity index is 1.46. The highest BCUT2D eigenvalue weighted by molar-refractivity contribution is 9.10. The van der Waals surface area contributed by atoms with E-state index in [1.807, 2.05) is 12.1 Å². The fourth-order valence-electron chi connectivity index (χ4n) is 5.63. The number of hydrogen-bond donors (Lipinski definition) is 0. The summed E-state index contributed by atoms with van der Waals surface area (Å²) >= 11 is 3.79. The van der Waals surface area contributed by atoms with Crippen molar-refractivity contribution in [2.45, 2.75) is 0 Å². The molecule has 4 heteroatoms. The molecule has 0 aliphatic heterocycles. The zero-order chi connectivity index (χ0) is 24.5.